The highest BCUT2D eigenvalue weighted by atomic mass is 16.4. The van der Waals surface area contributed by atoms with Crippen LogP contribution in [-0.4, -0.2) is 36.4 Å². The number of aliphatic hydroxyl groups is 1. The third kappa shape index (κ3) is 3.64. The van der Waals surface area contributed by atoms with Gasteiger partial charge in [-0.1, -0.05) is 0 Å². The summed E-state index contributed by atoms with van der Waals surface area (Å²) in [7, 11) is 1.83. The van der Waals surface area contributed by atoms with Gasteiger partial charge >= 0.3 is 5.97 Å². The zero-order chi connectivity index (χ0) is 12.8. The number of unbranched alkanes of at least 4 members (excludes halogenated alkanes) is 1. The normalized spacial score (nSPS) is 10.2. The molecule has 4 N–H and O–H groups in total. The van der Waals surface area contributed by atoms with Crippen molar-refractivity contribution in [3.63, 3.8) is 0 Å². The van der Waals surface area contributed by atoms with E-state index < -0.39 is 5.97 Å². The molecule has 0 aliphatic carbocycles. The Morgan fingerprint density at radius 1 is 1.41 bits per heavy atom. The fourth-order valence-electron chi connectivity index (χ4n) is 1.64. The van der Waals surface area contributed by atoms with Crippen molar-refractivity contribution in [3.8, 4) is 0 Å². The van der Waals surface area contributed by atoms with Gasteiger partial charge < -0.3 is 20.8 Å². The van der Waals surface area contributed by atoms with E-state index in [-0.39, 0.29) is 12.2 Å². The van der Waals surface area contributed by atoms with Gasteiger partial charge in [-0.2, -0.15) is 0 Å². The fourth-order valence-corrected chi connectivity index (χ4v) is 1.64. The molecule has 0 aliphatic heterocycles. The van der Waals surface area contributed by atoms with Crippen LogP contribution in [0.15, 0.2) is 18.2 Å². The standard InChI is InChI=1S/C12H18N2O3/c1-14(6-2-3-7-15)11-5-4-9(13)8-10(11)12(16)17/h4-5,8,15H,2-3,6-7,13H2,1H3,(H,16,17). The zero-order valence-corrected chi connectivity index (χ0v) is 9.89. The van der Waals surface area contributed by atoms with Crippen LogP contribution in [0.2, 0.25) is 0 Å². The first-order chi connectivity index (χ1) is 8.06. The average Bonchev–Trinajstić information content (AvgIpc) is 2.29. The third-order valence-electron chi connectivity index (χ3n) is 2.56. The summed E-state index contributed by atoms with van der Waals surface area (Å²) in [4.78, 5) is 12.9. The lowest BCUT2D eigenvalue weighted by atomic mass is 10.1. The molecular formula is C12H18N2O3. The van der Waals surface area contributed by atoms with Crippen LogP contribution in [0.1, 0.15) is 23.2 Å². The van der Waals surface area contributed by atoms with E-state index in [1.165, 1.54) is 6.07 Å². The van der Waals surface area contributed by atoms with E-state index in [2.05, 4.69) is 0 Å². The van der Waals surface area contributed by atoms with Crippen molar-refractivity contribution in [2.24, 2.45) is 0 Å². The largest absolute Gasteiger partial charge is 0.478 e. The van der Waals surface area contributed by atoms with Crippen molar-refractivity contribution in [3.05, 3.63) is 23.8 Å². The molecule has 0 fully saturated rings. The summed E-state index contributed by atoms with van der Waals surface area (Å²) in [5.41, 5.74) is 6.86. The van der Waals surface area contributed by atoms with Crippen LogP contribution in [0, 0.1) is 0 Å². The van der Waals surface area contributed by atoms with E-state index in [0.717, 1.165) is 6.42 Å². The second-order valence-corrected chi connectivity index (χ2v) is 3.93. The van der Waals surface area contributed by atoms with Crippen LogP contribution in [0.25, 0.3) is 0 Å². The molecule has 0 heterocycles. The summed E-state index contributed by atoms with van der Waals surface area (Å²) in [6.07, 6.45) is 1.53. The number of carboxylic acid groups (broad SMARTS) is 1. The highest BCUT2D eigenvalue weighted by molar-refractivity contribution is 5.95. The summed E-state index contributed by atoms with van der Waals surface area (Å²) in [6.45, 7) is 0.853. The van der Waals surface area contributed by atoms with Gasteiger partial charge in [-0.15, -0.1) is 0 Å². The molecule has 17 heavy (non-hydrogen) atoms. The van der Waals surface area contributed by atoms with Gasteiger partial charge in [0.15, 0.2) is 0 Å². The Hall–Kier alpha value is -1.75. The first-order valence-corrected chi connectivity index (χ1v) is 5.51. The second kappa shape index (κ2) is 6.10. The summed E-state index contributed by atoms with van der Waals surface area (Å²) in [6, 6.07) is 4.85. The number of rotatable bonds is 6. The molecular weight excluding hydrogens is 220 g/mol. The summed E-state index contributed by atoms with van der Waals surface area (Å²) < 4.78 is 0. The van der Waals surface area contributed by atoms with Gasteiger partial charge in [-0.3, -0.25) is 0 Å². The first kappa shape index (κ1) is 13.3. The average molecular weight is 238 g/mol. The number of nitrogens with two attached hydrogens (primary N) is 1. The maximum Gasteiger partial charge on any atom is 0.337 e. The summed E-state index contributed by atoms with van der Waals surface area (Å²) in [5, 5.41) is 17.8. The number of hydrogen-bond donors (Lipinski definition) is 3. The Balaban J connectivity index is 2.84. The SMILES string of the molecule is CN(CCCCO)c1ccc(N)cc1C(=O)O. The van der Waals surface area contributed by atoms with Gasteiger partial charge in [-0.25, -0.2) is 4.79 Å². The number of nitrogen functional groups attached to an aromatic ring is 1. The molecule has 0 atom stereocenters. The van der Waals surface area contributed by atoms with Crippen LogP contribution in [-0.2, 0) is 0 Å². The molecule has 0 aromatic heterocycles. The Bertz CT molecular complexity index is 393. The number of hydrogen-bond acceptors (Lipinski definition) is 4. The van der Waals surface area contributed by atoms with Gasteiger partial charge in [0.05, 0.1) is 11.3 Å². The van der Waals surface area contributed by atoms with Crippen molar-refractivity contribution in [2.75, 3.05) is 30.8 Å². The molecule has 0 radical (unpaired) electrons. The molecule has 0 unspecified atom stereocenters. The predicted molar refractivity (Wildman–Crippen MR) is 67.4 cm³/mol. The Morgan fingerprint density at radius 3 is 2.71 bits per heavy atom. The molecule has 1 aromatic carbocycles. The van der Waals surface area contributed by atoms with Gasteiger partial charge in [0.2, 0.25) is 0 Å². The molecule has 0 saturated carbocycles. The van der Waals surface area contributed by atoms with Gasteiger partial charge in [-0.05, 0) is 31.0 Å². The number of benzene rings is 1. The van der Waals surface area contributed by atoms with Crippen molar-refractivity contribution in [1.82, 2.24) is 0 Å². The number of nitrogens with zero attached hydrogens (tertiary/aromatic N) is 1. The lowest BCUT2D eigenvalue weighted by Crippen LogP contribution is -2.21. The minimum atomic E-state index is -0.985. The molecule has 0 spiro atoms. The van der Waals surface area contributed by atoms with E-state index in [4.69, 9.17) is 15.9 Å². The van der Waals surface area contributed by atoms with Crippen LogP contribution in [0.4, 0.5) is 11.4 Å². The molecule has 94 valence electrons. The highest BCUT2D eigenvalue weighted by Gasteiger charge is 2.13. The summed E-state index contributed by atoms with van der Waals surface area (Å²) >= 11 is 0. The van der Waals surface area contributed by atoms with E-state index >= 15 is 0 Å². The van der Waals surface area contributed by atoms with Crippen molar-refractivity contribution in [1.29, 1.82) is 0 Å². The quantitative estimate of drug-likeness (QED) is 0.511. The zero-order valence-electron chi connectivity index (χ0n) is 9.89. The van der Waals surface area contributed by atoms with Crippen molar-refractivity contribution < 1.29 is 15.0 Å². The second-order valence-electron chi connectivity index (χ2n) is 3.93. The van der Waals surface area contributed by atoms with Crippen LogP contribution in [0.5, 0.6) is 0 Å². The van der Waals surface area contributed by atoms with Gasteiger partial charge in [0.25, 0.3) is 0 Å². The number of aromatic carboxylic acids is 1. The molecule has 1 aromatic rings. The molecule has 5 nitrogen and oxygen atoms in total. The van der Waals surface area contributed by atoms with E-state index in [9.17, 15) is 4.79 Å². The molecule has 0 saturated heterocycles. The van der Waals surface area contributed by atoms with Crippen molar-refractivity contribution in [2.45, 2.75) is 12.8 Å². The number of anilines is 2. The van der Waals surface area contributed by atoms with Crippen LogP contribution >= 0.6 is 0 Å². The van der Waals surface area contributed by atoms with E-state index in [0.29, 0.717) is 24.3 Å². The minimum Gasteiger partial charge on any atom is -0.478 e. The fraction of sp³-hybridized carbons (Fsp3) is 0.417. The summed E-state index contributed by atoms with van der Waals surface area (Å²) in [5.74, 6) is -0.985. The third-order valence-corrected chi connectivity index (χ3v) is 2.56. The van der Waals surface area contributed by atoms with E-state index in [1.807, 2.05) is 11.9 Å². The number of aliphatic hydroxyl groups excluding tert-OH is 1. The minimum absolute atomic E-state index is 0.154. The van der Waals surface area contributed by atoms with Crippen molar-refractivity contribution >= 4 is 17.3 Å². The molecule has 0 bridgehead atoms. The topological polar surface area (TPSA) is 86.8 Å². The monoisotopic (exact) mass is 238 g/mol. The molecule has 1 rings (SSSR count). The number of carboxylic acids is 1. The molecule has 5 heteroatoms. The van der Waals surface area contributed by atoms with Gasteiger partial charge in [0.1, 0.15) is 0 Å². The van der Waals surface area contributed by atoms with Crippen LogP contribution in [0.3, 0.4) is 0 Å². The Labute approximate surface area is 100 Å². The first-order valence-electron chi connectivity index (χ1n) is 5.51. The lowest BCUT2D eigenvalue weighted by Gasteiger charge is -2.21. The predicted octanol–water partition coefficient (Wildman–Crippen LogP) is 1.18. The highest BCUT2D eigenvalue weighted by Crippen LogP contribution is 2.22. The van der Waals surface area contributed by atoms with Crippen LogP contribution < -0.4 is 10.6 Å². The maximum atomic E-state index is 11.1. The van der Waals surface area contributed by atoms with E-state index in [1.54, 1.807) is 12.1 Å². The smallest absolute Gasteiger partial charge is 0.337 e. The molecule has 0 amide bonds. The molecule has 0 aliphatic rings. The lowest BCUT2D eigenvalue weighted by molar-refractivity contribution is 0.0697. The Morgan fingerprint density at radius 2 is 2.12 bits per heavy atom. The maximum absolute atomic E-state index is 11.1. The Kier molecular flexibility index (Phi) is 4.78. The van der Waals surface area contributed by atoms with Gasteiger partial charge in [0, 0.05) is 25.9 Å². The number of carbonyl (C=O) groups is 1.